The Morgan fingerprint density at radius 3 is 2.45 bits per heavy atom. The van der Waals surface area contributed by atoms with Crippen LogP contribution in [0.3, 0.4) is 0 Å². The van der Waals surface area contributed by atoms with Gasteiger partial charge >= 0.3 is 0 Å². The van der Waals surface area contributed by atoms with Gasteiger partial charge in [0.1, 0.15) is 6.54 Å². The van der Waals surface area contributed by atoms with Gasteiger partial charge in [0.25, 0.3) is 17.4 Å². The Labute approximate surface area is 182 Å². The van der Waals surface area contributed by atoms with E-state index in [0.717, 1.165) is 5.56 Å². The van der Waals surface area contributed by atoms with Crippen LogP contribution in [-0.2, 0) is 11.3 Å². The second kappa shape index (κ2) is 8.81. The Hall–Kier alpha value is -3.97. The largest absolute Gasteiger partial charge is 0.306 e. The minimum atomic E-state index is -0.530. The molecule has 7 nitrogen and oxygen atoms in total. The number of carbonyl (C=O) groups is 2. The van der Waals surface area contributed by atoms with Gasteiger partial charge < -0.3 is 4.57 Å². The number of nitrogens with zero attached hydrogens (tertiary/aromatic N) is 2. The van der Waals surface area contributed by atoms with E-state index in [4.69, 9.17) is 11.6 Å². The second-order valence-electron chi connectivity index (χ2n) is 6.75. The summed E-state index contributed by atoms with van der Waals surface area (Å²) in [6.45, 7) is -0.215. The number of hydrazine groups is 1. The smallest absolute Gasteiger partial charge is 0.270 e. The Balaban J connectivity index is 1.58. The number of fused-ring (bicyclic) bond motifs is 1. The second-order valence-corrected chi connectivity index (χ2v) is 7.18. The number of amides is 2. The average Bonchev–Trinajstić information content (AvgIpc) is 2.79. The van der Waals surface area contributed by atoms with Crippen molar-refractivity contribution in [1.29, 1.82) is 0 Å². The van der Waals surface area contributed by atoms with Gasteiger partial charge in [-0.05, 0) is 30.3 Å². The van der Waals surface area contributed by atoms with Crippen molar-refractivity contribution in [2.45, 2.75) is 6.54 Å². The van der Waals surface area contributed by atoms with E-state index in [9.17, 15) is 14.4 Å². The zero-order valence-corrected chi connectivity index (χ0v) is 17.0. The van der Waals surface area contributed by atoms with E-state index in [1.807, 2.05) is 30.3 Å². The molecule has 0 saturated heterocycles. The summed E-state index contributed by atoms with van der Waals surface area (Å²) in [5, 5.41) is 1.24. The van der Waals surface area contributed by atoms with E-state index >= 15 is 0 Å². The van der Waals surface area contributed by atoms with Gasteiger partial charge in [-0.2, -0.15) is 0 Å². The van der Waals surface area contributed by atoms with E-state index in [-0.39, 0.29) is 12.1 Å². The number of hydrogen-bond acceptors (Lipinski definition) is 4. The summed E-state index contributed by atoms with van der Waals surface area (Å²) in [6.07, 6.45) is 1.50. The number of aromatic nitrogens is 2. The van der Waals surface area contributed by atoms with Crippen molar-refractivity contribution in [1.82, 2.24) is 20.4 Å². The summed E-state index contributed by atoms with van der Waals surface area (Å²) in [4.78, 5) is 41.4. The predicted molar refractivity (Wildman–Crippen MR) is 118 cm³/mol. The zero-order chi connectivity index (χ0) is 21.8. The van der Waals surface area contributed by atoms with Crippen molar-refractivity contribution in [3.05, 3.63) is 99.9 Å². The maximum atomic E-state index is 12.9. The summed E-state index contributed by atoms with van der Waals surface area (Å²) in [5.74, 6) is -1.03. The fourth-order valence-electron chi connectivity index (χ4n) is 3.11. The molecule has 2 aromatic heterocycles. The van der Waals surface area contributed by atoms with Crippen LogP contribution in [0, 0.1) is 0 Å². The molecule has 8 heteroatoms. The molecule has 0 aliphatic rings. The number of rotatable bonds is 4. The van der Waals surface area contributed by atoms with Crippen LogP contribution in [0.25, 0.3) is 22.2 Å². The molecule has 2 N–H and O–H groups in total. The average molecular weight is 433 g/mol. The molecular weight excluding hydrogens is 416 g/mol. The van der Waals surface area contributed by atoms with Crippen molar-refractivity contribution < 1.29 is 9.59 Å². The number of benzene rings is 2. The topological polar surface area (TPSA) is 93.1 Å². The maximum Gasteiger partial charge on any atom is 0.270 e. The molecule has 0 aliphatic carbocycles. The Kier molecular flexibility index (Phi) is 5.77. The lowest BCUT2D eigenvalue weighted by Crippen LogP contribution is -2.44. The lowest BCUT2D eigenvalue weighted by atomic mass is 10.0. The monoisotopic (exact) mass is 432 g/mol. The highest BCUT2D eigenvalue weighted by Gasteiger charge is 2.15. The number of nitrogens with one attached hydrogen (secondary N) is 2. The molecule has 2 heterocycles. The molecule has 0 fully saturated rings. The van der Waals surface area contributed by atoms with Gasteiger partial charge in [-0.3, -0.25) is 25.2 Å². The third kappa shape index (κ3) is 4.62. The van der Waals surface area contributed by atoms with Crippen molar-refractivity contribution >= 4 is 34.3 Å². The normalized spacial score (nSPS) is 10.6. The van der Waals surface area contributed by atoms with E-state index in [1.54, 1.807) is 36.4 Å². The number of hydrogen-bond donors (Lipinski definition) is 2. The van der Waals surface area contributed by atoms with Crippen molar-refractivity contribution in [3.8, 4) is 11.3 Å². The maximum absolute atomic E-state index is 12.9. The highest BCUT2D eigenvalue weighted by molar-refractivity contribution is 6.30. The van der Waals surface area contributed by atoms with Crippen LogP contribution in [0.5, 0.6) is 0 Å². The van der Waals surface area contributed by atoms with Crippen LogP contribution < -0.4 is 16.4 Å². The van der Waals surface area contributed by atoms with Crippen LogP contribution in [0.2, 0.25) is 5.02 Å². The Bertz CT molecular complexity index is 1330. The molecule has 0 atom stereocenters. The van der Waals surface area contributed by atoms with Crippen molar-refractivity contribution in [2.75, 3.05) is 0 Å². The van der Waals surface area contributed by atoms with E-state index in [1.165, 1.54) is 16.8 Å². The van der Waals surface area contributed by atoms with Gasteiger partial charge in [-0.15, -0.1) is 0 Å². The number of carbonyl (C=O) groups excluding carboxylic acids is 2. The zero-order valence-electron chi connectivity index (χ0n) is 16.2. The minimum Gasteiger partial charge on any atom is -0.306 e. The van der Waals surface area contributed by atoms with Crippen LogP contribution in [0.15, 0.2) is 83.8 Å². The van der Waals surface area contributed by atoms with Gasteiger partial charge in [0.2, 0.25) is 0 Å². The first-order chi connectivity index (χ1) is 15.0. The summed E-state index contributed by atoms with van der Waals surface area (Å²) >= 11 is 5.97. The molecule has 154 valence electrons. The van der Waals surface area contributed by atoms with Crippen LogP contribution in [-0.4, -0.2) is 21.4 Å². The summed E-state index contributed by atoms with van der Waals surface area (Å²) in [5.41, 5.74) is 6.86. The molecule has 4 aromatic rings. The number of pyridine rings is 2. The highest BCUT2D eigenvalue weighted by Crippen LogP contribution is 2.25. The summed E-state index contributed by atoms with van der Waals surface area (Å²) < 4.78 is 1.24. The van der Waals surface area contributed by atoms with Gasteiger partial charge in [0, 0.05) is 28.2 Å². The Morgan fingerprint density at radius 1 is 0.935 bits per heavy atom. The number of halogens is 1. The van der Waals surface area contributed by atoms with Gasteiger partial charge in [0.15, 0.2) is 0 Å². The van der Waals surface area contributed by atoms with E-state index in [2.05, 4.69) is 15.8 Å². The molecule has 4 rings (SSSR count). The summed E-state index contributed by atoms with van der Waals surface area (Å²) in [6, 6.07) is 20.6. The molecule has 2 amide bonds. The first kappa shape index (κ1) is 20.3. The number of para-hydroxylation sites is 1. The van der Waals surface area contributed by atoms with Crippen molar-refractivity contribution in [3.63, 3.8) is 0 Å². The van der Waals surface area contributed by atoms with Gasteiger partial charge in [-0.1, -0.05) is 48.0 Å². The first-order valence-electron chi connectivity index (χ1n) is 9.41. The molecule has 31 heavy (non-hydrogen) atoms. The van der Waals surface area contributed by atoms with Gasteiger partial charge in [0.05, 0.1) is 16.8 Å². The molecule has 0 aliphatic heterocycles. The fourth-order valence-corrected chi connectivity index (χ4v) is 3.24. The van der Waals surface area contributed by atoms with Gasteiger partial charge in [-0.25, -0.2) is 4.98 Å². The minimum absolute atomic E-state index is 0.215. The molecule has 0 bridgehead atoms. The third-order valence-electron chi connectivity index (χ3n) is 4.63. The Morgan fingerprint density at radius 2 is 1.68 bits per heavy atom. The highest BCUT2D eigenvalue weighted by atomic mass is 35.5. The van der Waals surface area contributed by atoms with E-state index < -0.39 is 11.8 Å². The van der Waals surface area contributed by atoms with E-state index in [0.29, 0.717) is 27.2 Å². The standard InChI is InChI=1S/C23H17ClN4O3/c24-16-10-8-15(9-11-16)20-13-18(17-5-1-2-6-19(17)25-20)23(31)27-26-21(29)14-28-12-4-3-7-22(28)30/h1-13H,14H2,(H,26,29)(H,27,31). The lowest BCUT2D eigenvalue weighted by Gasteiger charge is -2.12. The predicted octanol–water partition coefficient (Wildman–Crippen LogP) is 3.18. The lowest BCUT2D eigenvalue weighted by molar-refractivity contribution is -0.122. The molecule has 0 radical (unpaired) electrons. The molecule has 0 spiro atoms. The van der Waals surface area contributed by atoms with Crippen LogP contribution >= 0.6 is 11.6 Å². The SMILES string of the molecule is O=C(Cn1ccccc1=O)NNC(=O)c1cc(-c2ccc(Cl)cc2)nc2ccccc12. The fraction of sp³-hybridized carbons (Fsp3) is 0.0435. The molecule has 0 unspecified atom stereocenters. The third-order valence-corrected chi connectivity index (χ3v) is 4.88. The molecular formula is C23H17ClN4O3. The van der Waals surface area contributed by atoms with Crippen molar-refractivity contribution in [2.24, 2.45) is 0 Å². The quantitative estimate of drug-likeness (QED) is 0.484. The molecule has 0 saturated carbocycles. The summed E-state index contributed by atoms with van der Waals surface area (Å²) in [7, 11) is 0. The molecule has 2 aromatic carbocycles. The first-order valence-corrected chi connectivity index (χ1v) is 9.79. The van der Waals surface area contributed by atoms with Crippen LogP contribution in [0.4, 0.5) is 0 Å². The van der Waals surface area contributed by atoms with Crippen LogP contribution in [0.1, 0.15) is 10.4 Å².